The van der Waals surface area contributed by atoms with Crippen molar-refractivity contribution in [2.75, 3.05) is 13.1 Å². The maximum Gasteiger partial charge on any atom is 0.155 e. The molecule has 1 aliphatic rings. The largest absolute Gasteiger partial charge is 0.316 e. The Morgan fingerprint density at radius 2 is 2.40 bits per heavy atom. The number of aromatic nitrogens is 3. The van der Waals surface area contributed by atoms with Crippen LogP contribution in [-0.4, -0.2) is 28.3 Å². The summed E-state index contributed by atoms with van der Waals surface area (Å²) in [7, 11) is 0. The third-order valence-corrected chi connectivity index (χ3v) is 2.67. The Labute approximate surface area is 90.5 Å². The van der Waals surface area contributed by atoms with Crippen molar-refractivity contribution in [1.82, 2.24) is 20.5 Å². The first kappa shape index (κ1) is 10.5. The molecule has 1 atom stereocenters. The minimum atomic E-state index is 0.463. The fourth-order valence-corrected chi connectivity index (χ4v) is 1.92. The Hall–Kier alpha value is -1.03. The van der Waals surface area contributed by atoms with Crippen molar-refractivity contribution in [3.63, 3.8) is 0 Å². The smallest absolute Gasteiger partial charge is 0.155 e. The van der Waals surface area contributed by atoms with Crippen molar-refractivity contribution in [2.24, 2.45) is 5.92 Å². The first-order valence-electron chi connectivity index (χ1n) is 5.65. The molecule has 1 aromatic heterocycles. The number of nitrogens with one attached hydrogen (secondary N) is 1. The zero-order valence-corrected chi connectivity index (χ0v) is 9.40. The van der Waals surface area contributed by atoms with Crippen molar-refractivity contribution >= 4 is 0 Å². The predicted octanol–water partition coefficient (Wildman–Crippen LogP) is 1.15. The minimum Gasteiger partial charge on any atom is -0.316 e. The maximum atomic E-state index is 4.58. The van der Waals surface area contributed by atoms with Gasteiger partial charge in [0, 0.05) is 12.5 Å². The quantitative estimate of drug-likeness (QED) is 0.806. The summed E-state index contributed by atoms with van der Waals surface area (Å²) in [5.74, 6) is 2.00. The van der Waals surface area contributed by atoms with E-state index in [9.17, 15) is 0 Å². The van der Waals surface area contributed by atoms with Gasteiger partial charge in [-0.2, -0.15) is 5.10 Å². The van der Waals surface area contributed by atoms with Gasteiger partial charge in [-0.25, -0.2) is 4.98 Å². The molecule has 0 radical (unpaired) electrons. The zero-order valence-electron chi connectivity index (χ0n) is 9.40. The molecule has 4 nitrogen and oxygen atoms in total. The monoisotopic (exact) mass is 206 g/mol. The van der Waals surface area contributed by atoms with Crippen molar-refractivity contribution in [2.45, 2.75) is 32.6 Å². The van der Waals surface area contributed by atoms with Crippen LogP contribution in [0.4, 0.5) is 0 Å². The van der Waals surface area contributed by atoms with E-state index in [0.717, 1.165) is 37.4 Å². The predicted molar refractivity (Wildman–Crippen MR) is 58.6 cm³/mol. The summed E-state index contributed by atoms with van der Waals surface area (Å²) in [5, 5.41) is 11.5. The molecule has 0 spiro atoms. The summed E-state index contributed by atoms with van der Waals surface area (Å²) in [4.78, 5) is 4.58. The fraction of sp³-hybridized carbons (Fsp3) is 0.727. The van der Waals surface area contributed by atoms with E-state index in [-0.39, 0.29) is 0 Å². The fourth-order valence-electron chi connectivity index (χ4n) is 1.92. The normalized spacial score (nSPS) is 21.1. The molecule has 82 valence electrons. The van der Waals surface area contributed by atoms with Crippen LogP contribution in [0.15, 0.2) is 6.20 Å². The molecule has 0 bridgehead atoms. The van der Waals surface area contributed by atoms with Gasteiger partial charge >= 0.3 is 0 Å². The molecule has 2 heterocycles. The SMILES string of the molecule is CC(C)Cc1cnnc(C2CCNC2)n1. The van der Waals surface area contributed by atoms with Crippen LogP contribution in [0, 0.1) is 5.92 Å². The summed E-state index contributed by atoms with van der Waals surface area (Å²) >= 11 is 0. The second-order valence-corrected chi connectivity index (χ2v) is 4.59. The van der Waals surface area contributed by atoms with Gasteiger partial charge in [0.2, 0.25) is 0 Å². The van der Waals surface area contributed by atoms with E-state index < -0.39 is 0 Å². The highest BCUT2D eigenvalue weighted by molar-refractivity contribution is 5.04. The van der Waals surface area contributed by atoms with Gasteiger partial charge in [0.1, 0.15) is 0 Å². The van der Waals surface area contributed by atoms with Gasteiger partial charge in [0.25, 0.3) is 0 Å². The van der Waals surface area contributed by atoms with Gasteiger partial charge in [-0.1, -0.05) is 13.8 Å². The highest BCUT2D eigenvalue weighted by Crippen LogP contribution is 2.18. The molecule has 0 aromatic carbocycles. The Morgan fingerprint density at radius 3 is 3.07 bits per heavy atom. The van der Waals surface area contributed by atoms with Crippen LogP contribution in [0.5, 0.6) is 0 Å². The highest BCUT2D eigenvalue weighted by atomic mass is 15.2. The minimum absolute atomic E-state index is 0.463. The summed E-state index contributed by atoms with van der Waals surface area (Å²) < 4.78 is 0. The van der Waals surface area contributed by atoms with E-state index in [1.54, 1.807) is 6.20 Å². The van der Waals surface area contributed by atoms with E-state index in [1.165, 1.54) is 0 Å². The van der Waals surface area contributed by atoms with Crippen molar-refractivity contribution in [3.05, 3.63) is 17.7 Å². The van der Waals surface area contributed by atoms with Crippen LogP contribution in [0.2, 0.25) is 0 Å². The van der Waals surface area contributed by atoms with Crippen LogP contribution >= 0.6 is 0 Å². The Morgan fingerprint density at radius 1 is 1.53 bits per heavy atom. The number of hydrogen-bond acceptors (Lipinski definition) is 4. The Bertz CT molecular complexity index is 318. The summed E-state index contributed by atoms with van der Waals surface area (Å²) in [6, 6.07) is 0. The van der Waals surface area contributed by atoms with E-state index in [2.05, 4.69) is 34.3 Å². The molecule has 1 aromatic rings. The zero-order chi connectivity index (χ0) is 10.7. The lowest BCUT2D eigenvalue weighted by molar-refractivity contribution is 0.607. The lowest BCUT2D eigenvalue weighted by atomic mass is 10.1. The molecule has 0 saturated carbocycles. The third-order valence-electron chi connectivity index (χ3n) is 2.67. The average Bonchev–Trinajstić information content (AvgIpc) is 2.69. The summed E-state index contributed by atoms with van der Waals surface area (Å²) in [5.41, 5.74) is 1.07. The Balaban J connectivity index is 2.11. The lowest BCUT2D eigenvalue weighted by Gasteiger charge is -2.08. The molecular weight excluding hydrogens is 188 g/mol. The van der Waals surface area contributed by atoms with Crippen LogP contribution < -0.4 is 5.32 Å². The maximum absolute atomic E-state index is 4.58. The van der Waals surface area contributed by atoms with Crippen molar-refractivity contribution < 1.29 is 0 Å². The molecule has 15 heavy (non-hydrogen) atoms. The third kappa shape index (κ3) is 2.72. The lowest BCUT2D eigenvalue weighted by Crippen LogP contribution is -2.12. The molecule has 1 saturated heterocycles. The molecule has 0 aliphatic carbocycles. The molecule has 2 rings (SSSR count). The molecule has 0 amide bonds. The van der Waals surface area contributed by atoms with E-state index in [4.69, 9.17) is 0 Å². The molecule has 1 aliphatic heterocycles. The van der Waals surface area contributed by atoms with E-state index in [1.807, 2.05) is 0 Å². The average molecular weight is 206 g/mol. The topological polar surface area (TPSA) is 50.7 Å². The summed E-state index contributed by atoms with van der Waals surface area (Å²) in [6.07, 6.45) is 3.90. The van der Waals surface area contributed by atoms with Gasteiger partial charge in [-0.05, 0) is 25.3 Å². The first-order chi connectivity index (χ1) is 7.25. The second kappa shape index (κ2) is 4.66. The van der Waals surface area contributed by atoms with Gasteiger partial charge in [-0.3, -0.25) is 0 Å². The van der Waals surface area contributed by atoms with Gasteiger partial charge in [0.05, 0.1) is 11.9 Å². The standard InChI is InChI=1S/C11H18N4/c1-8(2)5-10-7-13-15-11(14-10)9-3-4-12-6-9/h7-9,12H,3-6H2,1-2H3. The van der Waals surface area contributed by atoms with Crippen LogP contribution in [-0.2, 0) is 6.42 Å². The number of nitrogens with zero attached hydrogens (tertiary/aromatic N) is 3. The van der Waals surface area contributed by atoms with E-state index >= 15 is 0 Å². The van der Waals surface area contributed by atoms with Crippen LogP contribution in [0.25, 0.3) is 0 Å². The van der Waals surface area contributed by atoms with Gasteiger partial charge in [0.15, 0.2) is 5.82 Å². The van der Waals surface area contributed by atoms with Crippen molar-refractivity contribution in [1.29, 1.82) is 0 Å². The second-order valence-electron chi connectivity index (χ2n) is 4.59. The highest BCUT2D eigenvalue weighted by Gasteiger charge is 2.19. The molecule has 1 unspecified atom stereocenters. The molecule has 1 fully saturated rings. The van der Waals surface area contributed by atoms with Crippen LogP contribution in [0.1, 0.15) is 37.7 Å². The Kier molecular flexibility index (Phi) is 3.26. The van der Waals surface area contributed by atoms with Crippen LogP contribution in [0.3, 0.4) is 0 Å². The first-order valence-corrected chi connectivity index (χ1v) is 5.65. The van der Waals surface area contributed by atoms with Crippen molar-refractivity contribution in [3.8, 4) is 0 Å². The summed E-state index contributed by atoms with van der Waals surface area (Å²) in [6.45, 7) is 6.45. The molecule has 1 N–H and O–H groups in total. The van der Waals surface area contributed by atoms with E-state index in [0.29, 0.717) is 11.8 Å². The number of hydrogen-bond donors (Lipinski definition) is 1. The van der Waals surface area contributed by atoms with Gasteiger partial charge in [-0.15, -0.1) is 5.10 Å². The van der Waals surface area contributed by atoms with Gasteiger partial charge < -0.3 is 5.32 Å². The molecular formula is C11H18N4. The number of rotatable bonds is 3. The molecule has 4 heteroatoms.